The van der Waals surface area contributed by atoms with Crippen LogP contribution in [-0.4, -0.2) is 52.0 Å². The summed E-state index contributed by atoms with van der Waals surface area (Å²) in [6, 6.07) is 7.80. The summed E-state index contributed by atoms with van der Waals surface area (Å²) < 4.78 is 15.0. The van der Waals surface area contributed by atoms with Gasteiger partial charge in [0.25, 0.3) is 0 Å². The number of piperidine rings is 1. The van der Waals surface area contributed by atoms with E-state index in [9.17, 15) is 9.59 Å². The van der Waals surface area contributed by atoms with Gasteiger partial charge in [-0.15, -0.1) is 0 Å². The number of carbonyl (C=O) groups excluding carboxylic acids is 1. The van der Waals surface area contributed by atoms with E-state index in [1.54, 1.807) is 9.13 Å². The van der Waals surface area contributed by atoms with E-state index >= 15 is 0 Å². The van der Waals surface area contributed by atoms with Gasteiger partial charge in [-0.1, -0.05) is 19.1 Å². The topological polar surface area (TPSA) is 65.7 Å². The molecule has 1 aromatic heterocycles. The Hall–Kier alpha value is -2.12. The zero-order valence-corrected chi connectivity index (χ0v) is 15.9. The van der Waals surface area contributed by atoms with Crippen LogP contribution in [0.2, 0.25) is 0 Å². The molecule has 2 aliphatic heterocycles. The van der Waals surface area contributed by atoms with Crippen molar-refractivity contribution in [3.05, 3.63) is 34.7 Å². The van der Waals surface area contributed by atoms with E-state index in [0.717, 1.165) is 17.5 Å². The Labute approximate surface area is 158 Å². The Balaban J connectivity index is 1.44. The van der Waals surface area contributed by atoms with Gasteiger partial charge in [-0.25, -0.2) is 4.79 Å². The Kier molecular flexibility index (Phi) is 5.06. The Bertz CT molecular complexity index is 869. The van der Waals surface area contributed by atoms with Crippen LogP contribution in [0, 0.1) is 0 Å². The van der Waals surface area contributed by atoms with E-state index in [1.165, 1.54) is 0 Å². The van der Waals surface area contributed by atoms with Crippen LogP contribution >= 0.6 is 0 Å². The van der Waals surface area contributed by atoms with E-state index in [4.69, 9.17) is 9.47 Å². The van der Waals surface area contributed by atoms with Crippen molar-refractivity contribution in [2.45, 2.75) is 51.5 Å². The minimum absolute atomic E-state index is 0.0313. The average molecular weight is 373 g/mol. The average Bonchev–Trinajstić information content (AvgIpc) is 3.24. The molecule has 0 unspecified atom stereocenters. The molecule has 2 aliphatic rings. The molecule has 0 radical (unpaired) electrons. The van der Waals surface area contributed by atoms with Crippen LogP contribution in [0.5, 0.6) is 0 Å². The molecule has 7 nitrogen and oxygen atoms in total. The molecule has 0 bridgehead atoms. The Morgan fingerprint density at radius 3 is 2.22 bits per heavy atom. The molecule has 2 aromatic rings. The number of rotatable bonds is 5. The van der Waals surface area contributed by atoms with Crippen molar-refractivity contribution in [3.63, 3.8) is 0 Å². The molecule has 146 valence electrons. The second kappa shape index (κ2) is 7.48. The number of likely N-dealkylation sites (tertiary alicyclic amines) is 1. The van der Waals surface area contributed by atoms with E-state index in [2.05, 4.69) is 6.92 Å². The summed E-state index contributed by atoms with van der Waals surface area (Å²) in [4.78, 5) is 27.3. The van der Waals surface area contributed by atoms with Crippen LogP contribution in [0.4, 0.5) is 0 Å². The lowest BCUT2D eigenvalue weighted by molar-refractivity contribution is -0.187. The number of hydrogen-bond acceptors (Lipinski definition) is 4. The van der Waals surface area contributed by atoms with Gasteiger partial charge in [0.05, 0.1) is 24.2 Å². The molecule has 1 spiro atoms. The van der Waals surface area contributed by atoms with E-state index in [-0.39, 0.29) is 11.6 Å². The molecule has 1 aromatic carbocycles. The fraction of sp³-hybridized carbons (Fsp3) is 0.600. The van der Waals surface area contributed by atoms with Gasteiger partial charge in [0.2, 0.25) is 5.91 Å². The summed E-state index contributed by atoms with van der Waals surface area (Å²) in [5, 5.41) is 0. The third-order valence-electron chi connectivity index (χ3n) is 5.61. The van der Waals surface area contributed by atoms with E-state index in [1.807, 2.05) is 29.2 Å². The lowest BCUT2D eigenvalue weighted by Crippen LogP contribution is -2.47. The number of para-hydroxylation sites is 2. The molecule has 0 atom stereocenters. The lowest BCUT2D eigenvalue weighted by atomic mass is 10.0. The third-order valence-corrected chi connectivity index (χ3v) is 5.61. The highest BCUT2D eigenvalue weighted by Gasteiger charge is 2.40. The molecule has 7 heteroatoms. The number of hydrogen-bond donors (Lipinski definition) is 0. The quantitative estimate of drug-likeness (QED) is 0.804. The number of fused-ring (bicyclic) bond motifs is 1. The van der Waals surface area contributed by atoms with E-state index in [0.29, 0.717) is 58.7 Å². The molecule has 27 heavy (non-hydrogen) atoms. The van der Waals surface area contributed by atoms with Crippen molar-refractivity contribution in [1.29, 1.82) is 0 Å². The smallest absolute Gasteiger partial charge is 0.329 e. The first-order valence-electron chi connectivity index (χ1n) is 9.87. The first-order chi connectivity index (χ1) is 13.1. The lowest BCUT2D eigenvalue weighted by Gasteiger charge is -2.37. The number of benzene rings is 1. The van der Waals surface area contributed by atoms with E-state index < -0.39 is 5.79 Å². The number of nitrogens with zero attached hydrogens (tertiary/aromatic N) is 3. The molecule has 2 saturated heterocycles. The van der Waals surface area contributed by atoms with Crippen molar-refractivity contribution in [1.82, 2.24) is 14.0 Å². The number of amides is 1. The molecule has 0 saturated carbocycles. The maximum Gasteiger partial charge on any atom is 0.329 e. The molecule has 1 amide bonds. The number of ether oxygens (including phenoxy) is 2. The summed E-state index contributed by atoms with van der Waals surface area (Å²) in [6.45, 7) is 5.72. The van der Waals surface area contributed by atoms with Crippen molar-refractivity contribution < 1.29 is 14.3 Å². The molecule has 2 fully saturated rings. The summed E-state index contributed by atoms with van der Waals surface area (Å²) in [5.41, 5.74) is 1.80. The summed E-state index contributed by atoms with van der Waals surface area (Å²) >= 11 is 0. The fourth-order valence-electron chi connectivity index (χ4n) is 4.18. The second-order valence-corrected chi connectivity index (χ2v) is 7.31. The molecule has 4 rings (SSSR count). The Morgan fingerprint density at radius 2 is 1.63 bits per heavy atom. The molecular weight excluding hydrogens is 346 g/mol. The summed E-state index contributed by atoms with van der Waals surface area (Å²) in [6.07, 6.45) is 2.66. The highest BCUT2D eigenvalue weighted by atomic mass is 16.7. The van der Waals surface area contributed by atoms with Gasteiger partial charge in [-0.2, -0.15) is 0 Å². The van der Waals surface area contributed by atoms with Gasteiger partial charge in [0.15, 0.2) is 5.79 Å². The van der Waals surface area contributed by atoms with Gasteiger partial charge in [0, 0.05) is 45.4 Å². The second-order valence-electron chi connectivity index (χ2n) is 7.31. The number of aryl methyl sites for hydroxylation is 2. The van der Waals surface area contributed by atoms with Crippen LogP contribution in [0.3, 0.4) is 0 Å². The van der Waals surface area contributed by atoms with Gasteiger partial charge >= 0.3 is 5.69 Å². The number of aromatic nitrogens is 2. The highest BCUT2D eigenvalue weighted by Crippen LogP contribution is 2.31. The van der Waals surface area contributed by atoms with Crippen LogP contribution < -0.4 is 5.69 Å². The van der Waals surface area contributed by atoms with Gasteiger partial charge in [-0.3, -0.25) is 13.9 Å². The molecule has 0 aliphatic carbocycles. The first kappa shape index (κ1) is 18.3. The van der Waals surface area contributed by atoms with Crippen LogP contribution in [0.1, 0.15) is 32.6 Å². The van der Waals surface area contributed by atoms with Gasteiger partial charge in [0.1, 0.15) is 0 Å². The van der Waals surface area contributed by atoms with Crippen molar-refractivity contribution in [2.75, 3.05) is 26.3 Å². The fourth-order valence-corrected chi connectivity index (χ4v) is 4.18. The SMILES string of the molecule is CCCn1c(=O)n(CCC(=O)N2CCC3(CC2)OCCO3)c2ccccc21. The zero-order chi connectivity index (χ0) is 18.9. The molecule has 0 N–H and O–H groups in total. The summed E-state index contributed by atoms with van der Waals surface area (Å²) in [5.74, 6) is -0.386. The zero-order valence-electron chi connectivity index (χ0n) is 15.9. The third kappa shape index (κ3) is 3.41. The predicted molar refractivity (Wildman–Crippen MR) is 102 cm³/mol. The standard InChI is InChI=1S/C20H27N3O4/c1-2-10-22-16-5-3-4-6-17(16)23(19(22)25)11-7-18(24)21-12-8-20(9-13-21)26-14-15-27-20/h3-6H,2,7-15H2,1H3. The molecule has 3 heterocycles. The minimum Gasteiger partial charge on any atom is -0.347 e. The Morgan fingerprint density at radius 1 is 1.04 bits per heavy atom. The van der Waals surface area contributed by atoms with Crippen molar-refractivity contribution in [2.24, 2.45) is 0 Å². The first-order valence-corrected chi connectivity index (χ1v) is 9.87. The highest BCUT2D eigenvalue weighted by molar-refractivity contribution is 5.78. The number of carbonyl (C=O) groups is 1. The minimum atomic E-state index is -0.471. The normalized spacial score (nSPS) is 19.2. The monoisotopic (exact) mass is 373 g/mol. The van der Waals surface area contributed by atoms with Crippen LogP contribution in [0.25, 0.3) is 11.0 Å². The van der Waals surface area contributed by atoms with Gasteiger partial charge < -0.3 is 14.4 Å². The summed E-state index contributed by atoms with van der Waals surface area (Å²) in [7, 11) is 0. The number of imidazole rings is 1. The van der Waals surface area contributed by atoms with Gasteiger partial charge in [-0.05, 0) is 18.6 Å². The van der Waals surface area contributed by atoms with Crippen LogP contribution in [0.15, 0.2) is 29.1 Å². The maximum atomic E-state index is 12.8. The van der Waals surface area contributed by atoms with Crippen molar-refractivity contribution >= 4 is 16.9 Å². The van der Waals surface area contributed by atoms with Crippen molar-refractivity contribution in [3.8, 4) is 0 Å². The largest absolute Gasteiger partial charge is 0.347 e. The predicted octanol–water partition coefficient (Wildman–Crippen LogP) is 1.97. The van der Waals surface area contributed by atoms with Crippen LogP contribution in [-0.2, 0) is 27.4 Å². The maximum absolute atomic E-state index is 12.8. The molecular formula is C20H27N3O4.